The molecule has 0 N–H and O–H groups in total. The Morgan fingerprint density at radius 3 is 0.966 bits per heavy atom. The largest absolute Gasteiger partial charge is 0.310 e. The molecule has 0 atom stereocenters. The molecular weight excluding hydrogens is 1750 g/mol. The van der Waals surface area contributed by atoms with Gasteiger partial charge in [-0.05, 0) is 306 Å². The number of imidazole rings is 1. The summed E-state index contributed by atoms with van der Waals surface area (Å²) in [7, 11) is 0. The number of benzene rings is 26. The second-order valence-corrected chi connectivity index (χ2v) is 40.4. The first-order valence-corrected chi connectivity index (χ1v) is 50.4. The van der Waals surface area contributed by atoms with Crippen molar-refractivity contribution in [2.75, 3.05) is 9.80 Å². The molecule has 27 rings (SSSR count). The van der Waals surface area contributed by atoms with Crippen LogP contribution in [-0.4, -0.2) is 9.55 Å². The van der Waals surface area contributed by atoms with Crippen LogP contribution in [0.1, 0.15) is 52.7 Å². The lowest BCUT2D eigenvalue weighted by Gasteiger charge is -2.30. The topological polar surface area (TPSA) is 24.3 Å². The highest BCUT2D eigenvalue weighted by atomic mass is 15.2. The maximum absolute atomic E-state index is 5.12. The number of aromatic nitrogens is 2. The summed E-state index contributed by atoms with van der Waals surface area (Å²) in [6.07, 6.45) is 0. The number of nitrogens with zero attached hydrogens (tertiary/aromatic N) is 4. The number of para-hydroxylation sites is 5. The lowest BCUT2D eigenvalue weighted by Crippen LogP contribution is -2.14. The van der Waals surface area contributed by atoms with Crippen molar-refractivity contribution >= 4 is 164 Å². The molecule has 27 aromatic rings. The fraction of sp³-hybridized carbons (Fsp3) is 0.0567. The highest BCUT2D eigenvalue weighted by Crippen LogP contribution is 2.52. The smallest absolute Gasteiger partial charge is 0.145 e. The van der Waals surface area contributed by atoms with Gasteiger partial charge in [-0.15, -0.1) is 0 Å². The van der Waals surface area contributed by atoms with Crippen molar-refractivity contribution in [1.29, 1.82) is 0 Å². The molecule has 4 heteroatoms. The van der Waals surface area contributed by atoms with Crippen molar-refractivity contribution in [1.82, 2.24) is 9.55 Å². The third-order valence-corrected chi connectivity index (χ3v) is 29.5. The molecule has 0 radical (unpaired) electrons. The molecule has 145 heavy (non-hydrogen) atoms. The highest BCUT2D eigenvalue weighted by Gasteiger charge is 2.27. The highest BCUT2D eigenvalue weighted by molar-refractivity contribution is 6.29. The Morgan fingerprint density at radius 1 is 0.193 bits per heavy atom. The molecule has 688 valence electrons. The number of anilines is 6. The molecule has 0 aliphatic carbocycles. The summed E-state index contributed by atoms with van der Waals surface area (Å²) in [5, 5.41) is 27.7. The van der Waals surface area contributed by atoms with Gasteiger partial charge in [-0.1, -0.05) is 454 Å². The monoisotopic (exact) mass is 1850 g/mol. The predicted octanol–water partition coefficient (Wildman–Crippen LogP) is 39.7. The van der Waals surface area contributed by atoms with Crippen LogP contribution in [0, 0.1) is 0 Å². The van der Waals surface area contributed by atoms with E-state index in [-0.39, 0.29) is 10.8 Å². The second-order valence-electron chi connectivity index (χ2n) is 40.4. The van der Waals surface area contributed by atoms with Crippen molar-refractivity contribution in [2.45, 2.75) is 52.4 Å². The molecule has 0 spiro atoms. The average Bonchev–Trinajstić information content (AvgIpc) is 1.68. The maximum atomic E-state index is 5.12. The van der Waals surface area contributed by atoms with E-state index in [4.69, 9.17) is 4.98 Å². The van der Waals surface area contributed by atoms with E-state index in [1.54, 1.807) is 0 Å². The molecule has 4 nitrogen and oxygen atoms in total. The van der Waals surface area contributed by atoms with Gasteiger partial charge in [0.1, 0.15) is 5.82 Å². The van der Waals surface area contributed by atoms with E-state index in [0.717, 1.165) is 56.4 Å². The first kappa shape index (κ1) is 88.3. The van der Waals surface area contributed by atoms with Crippen LogP contribution in [0.3, 0.4) is 0 Å². The van der Waals surface area contributed by atoms with E-state index in [9.17, 15) is 0 Å². The van der Waals surface area contributed by atoms with Crippen LogP contribution >= 0.6 is 0 Å². The molecule has 1 heterocycles. The van der Waals surface area contributed by atoms with Crippen LogP contribution in [-0.2, 0) is 10.8 Å². The Bertz CT molecular complexity index is 9370. The van der Waals surface area contributed by atoms with Crippen LogP contribution in [0.15, 0.2) is 522 Å². The van der Waals surface area contributed by atoms with Crippen LogP contribution in [0.5, 0.6) is 0 Å². The van der Waals surface area contributed by atoms with E-state index < -0.39 is 0 Å². The molecule has 0 aliphatic rings. The van der Waals surface area contributed by atoms with Gasteiger partial charge in [-0.25, -0.2) is 4.98 Å². The van der Waals surface area contributed by atoms with Crippen molar-refractivity contribution in [3.05, 3.63) is 533 Å². The summed E-state index contributed by atoms with van der Waals surface area (Å²) in [4.78, 5) is 9.94. The minimum atomic E-state index is 0.0864. The Hall–Kier alpha value is -18.1. The van der Waals surface area contributed by atoms with E-state index in [1.165, 1.54) is 202 Å². The maximum Gasteiger partial charge on any atom is 0.145 e. The van der Waals surface area contributed by atoms with Gasteiger partial charge in [-0.2, -0.15) is 0 Å². The van der Waals surface area contributed by atoms with Crippen LogP contribution in [0.4, 0.5) is 34.1 Å². The molecule has 0 unspecified atom stereocenters. The first-order valence-electron chi connectivity index (χ1n) is 50.4. The standard InChI is InChI=1S/C53H34N2.C48H44N2.C40H26/c1-2-16-44(17-3-1)55-50-21-11-10-20-49(50)54-53(55)38-26-22-37(23-27-38)41-30-31-47-48(34-41)52(43-29-25-36-13-5-7-15-40(36)33-43)46-19-9-8-18-45(46)51(47)42-28-24-35-12-4-6-14-39(35)32-42;1-47(2,3)35-21-25-39(26-22-35)49(37-13-9-7-10-14-37)43-31-19-33-18-30-42-44(32-20-34-17-29-41(43)45(33)46(34)42)50(38-15-11-8-12-16-38)40-27-23-36(24-28-40)48(4,5)6;1-2-12-31-26-32(25-20-27(31)10-1)40-37-17-7-5-15-35(37)39(36-16-6-8-18-38(36)40)30-23-21-29(22-24-30)34-19-9-13-28-11-3-4-14-33(28)34/h1-34H;7-32H,1-6H3;1-26H. The van der Waals surface area contributed by atoms with Crippen LogP contribution in [0.2, 0.25) is 0 Å². The number of fused-ring (bicyclic) bond motifs is 9. The van der Waals surface area contributed by atoms with Crippen LogP contribution < -0.4 is 9.80 Å². The zero-order chi connectivity index (χ0) is 97.4. The molecule has 0 aliphatic heterocycles. The zero-order valence-corrected chi connectivity index (χ0v) is 81.9. The fourth-order valence-electron chi connectivity index (χ4n) is 22.3. The lowest BCUT2D eigenvalue weighted by atomic mass is 9.84. The van der Waals surface area contributed by atoms with Crippen molar-refractivity contribution in [3.8, 4) is 83.8 Å². The van der Waals surface area contributed by atoms with E-state index in [1.807, 2.05) is 0 Å². The Morgan fingerprint density at radius 2 is 0.510 bits per heavy atom. The minimum Gasteiger partial charge on any atom is -0.310 e. The molecule has 0 saturated carbocycles. The summed E-state index contributed by atoms with van der Waals surface area (Å²) in [6, 6.07) is 190. The first-order chi connectivity index (χ1) is 71.2. The molecule has 0 amide bonds. The third kappa shape index (κ3) is 16.3. The zero-order valence-electron chi connectivity index (χ0n) is 81.9. The van der Waals surface area contributed by atoms with Crippen molar-refractivity contribution in [3.63, 3.8) is 0 Å². The Labute approximate surface area is 845 Å². The Balaban J connectivity index is 0.000000115. The number of rotatable bonds is 14. The van der Waals surface area contributed by atoms with E-state index >= 15 is 0 Å². The summed E-state index contributed by atoms with van der Waals surface area (Å²) in [5.74, 6) is 0.933. The molecule has 1 aromatic heterocycles. The molecule has 0 bridgehead atoms. The predicted molar refractivity (Wildman–Crippen MR) is 623 cm³/mol. The van der Waals surface area contributed by atoms with Gasteiger partial charge >= 0.3 is 0 Å². The fourth-order valence-corrected chi connectivity index (χ4v) is 22.3. The molecule has 0 fully saturated rings. The van der Waals surface area contributed by atoms with E-state index in [2.05, 4.69) is 578 Å². The van der Waals surface area contributed by atoms with Gasteiger partial charge in [0.05, 0.1) is 22.4 Å². The van der Waals surface area contributed by atoms with Gasteiger partial charge in [0.25, 0.3) is 0 Å². The summed E-state index contributed by atoms with van der Waals surface area (Å²) < 4.78 is 2.26. The lowest BCUT2D eigenvalue weighted by molar-refractivity contribution is 0.590. The van der Waals surface area contributed by atoms with Gasteiger partial charge in [0, 0.05) is 44.8 Å². The average molecular weight is 1850 g/mol. The Kier molecular flexibility index (Phi) is 22.4. The summed E-state index contributed by atoms with van der Waals surface area (Å²) >= 11 is 0. The minimum absolute atomic E-state index is 0.0864. The van der Waals surface area contributed by atoms with Gasteiger partial charge in [-0.3, -0.25) is 4.57 Å². The third-order valence-electron chi connectivity index (χ3n) is 29.5. The van der Waals surface area contributed by atoms with Crippen molar-refractivity contribution in [2.24, 2.45) is 0 Å². The van der Waals surface area contributed by atoms with Gasteiger partial charge in [0.2, 0.25) is 0 Å². The second kappa shape index (κ2) is 36.8. The number of hydrogen-bond donors (Lipinski definition) is 0. The summed E-state index contributed by atoms with van der Waals surface area (Å²) in [5.41, 5.74) is 28.9. The molecule has 26 aromatic carbocycles. The summed E-state index contributed by atoms with van der Waals surface area (Å²) in [6.45, 7) is 13.6. The van der Waals surface area contributed by atoms with Gasteiger partial charge < -0.3 is 9.80 Å². The molecular formula is C141H104N4. The normalized spacial score (nSPS) is 11.8. The quantitative estimate of drug-likeness (QED) is 0.0801. The SMILES string of the molecule is CC(C)(C)c1ccc(N(c2ccccc2)c2ccc3ccc4c(N(c5ccccc5)c5ccc(C(C)(C)C)cc5)ccc5ccc2c3c54)cc1.c1ccc(-n2c(-c3ccc(-c4ccc5c(-c6ccc7ccccc7c6)c6ccccc6c(-c6ccc7ccccc7c6)c5c4)cc3)nc3ccccc32)cc1.c1ccc2cc(-c3c4ccccc4c(-c4ccc(-c5cccc6ccccc56)cc4)c4ccccc34)ccc2c1. The molecule has 0 saturated heterocycles. The van der Waals surface area contributed by atoms with Crippen LogP contribution in [0.25, 0.3) is 213 Å². The number of hydrogen-bond acceptors (Lipinski definition) is 3. The van der Waals surface area contributed by atoms with E-state index in [0.29, 0.717) is 0 Å². The van der Waals surface area contributed by atoms with Crippen molar-refractivity contribution < 1.29 is 0 Å². The van der Waals surface area contributed by atoms with Gasteiger partial charge in [0.15, 0.2) is 0 Å².